The summed E-state index contributed by atoms with van der Waals surface area (Å²) in [7, 11) is -3.81. The number of hydrogen-bond donors (Lipinski definition) is 2. The van der Waals surface area contributed by atoms with Gasteiger partial charge >= 0.3 is 0 Å². The van der Waals surface area contributed by atoms with E-state index >= 15 is 0 Å². The summed E-state index contributed by atoms with van der Waals surface area (Å²) >= 11 is 11.8. The summed E-state index contributed by atoms with van der Waals surface area (Å²) in [5.74, 6) is -0.451. The first kappa shape index (κ1) is 18.7. The molecule has 0 heterocycles. The number of carbonyl (C=O) groups excluding carboxylic acids is 1. The second-order valence-corrected chi connectivity index (χ2v) is 7.66. The maximum Gasteiger partial charge on any atom is 0.241 e. The molecule has 0 spiro atoms. The highest BCUT2D eigenvalue weighted by molar-refractivity contribution is 7.89. The molecule has 2 aromatic carbocycles. The van der Waals surface area contributed by atoms with Crippen LogP contribution in [-0.2, 0) is 21.4 Å². The third kappa shape index (κ3) is 4.95. The molecule has 0 aliphatic heterocycles. The number of carbonyl (C=O) groups is 1. The van der Waals surface area contributed by atoms with Crippen molar-refractivity contribution in [3.05, 3.63) is 64.1 Å². The normalized spacial score (nSPS) is 12.6. The molecule has 2 rings (SSSR count). The standard InChI is InChI=1S/C16H16Cl2N2O3S/c1-11(16(21)19-10-12-4-2-3-5-15(12)18)20-24(22,23)14-8-6-13(17)7-9-14/h2-9,11,20H,10H2,1H3,(H,19,21)/t11-/m0/s1. The first-order valence-electron chi connectivity index (χ1n) is 7.08. The SMILES string of the molecule is C[C@H](NS(=O)(=O)c1ccc(Cl)cc1)C(=O)NCc1ccccc1Cl. The van der Waals surface area contributed by atoms with Crippen LogP contribution in [0, 0.1) is 0 Å². The van der Waals surface area contributed by atoms with Crippen molar-refractivity contribution in [2.75, 3.05) is 0 Å². The lowest BCUT2D eigenvalue weighted by Gasteiger charge is -2.15. The highest BCUT2D eigenvalue weighted by Crippen LogP contribution is 2.15. The third-order valence-corrected chi connectivity index (χ3v) is 5.44. The van der Waals surface area contributed by atoms with Crippen LogP contribution < -0.4 is 10.0 Å². The van der Waals surface area contributed by atoms with E-state index < -0.39 is 22.0 Å². The van der Waals surface area contributed by atoms with Crippen LogP contribution >= 0.6 is 23.2 Å². The summed E-state index contributed by atoms with van der Waals surface area (Å²) in [6.45, 7) is 1.68. The molecule has 2 aromatic rings. The Labute approximate surface area is 151 Å². The van der Waals surface area contributed by atoms with Gasteiger partial charge in [0.15, 0.2) is 0 Å². The average molecular weight is 387 g/mol. The summed E-state index contributed by atoms with van der Waals surface area (Å²) in [4.78, 5) is 12.1. The molecule has 2 N–H and O–H groups in total. The fraction of sp³-hybridized carbons (Fsp3) is 0.188. The van der Waals surface area contributed by atoms with Gasteiger partial charge in [0, 0.05) is 16.6 Å². The zero-order valence-electron chi connectivity index (χ0n) is 12.8. The molecule has 0 bridgehead atoms. The summed E-state index contributed by atoms with van der Waals surface area (Å²) in [6, 6.07) is 11.8. The number of hydrogen-bond acceptors (Lipinski definition) is 3. The van der Waals surface area contributed by atoms with Crippen molar-refractivity contribution < 1.29 is 13.2 Å². The van der Waals surface area contributed by atoms with Crippen LogP contribution in [0.1, 0.15) is 12.5 Å². The van der Waals surface area contributed by atoms with Crippen molar-refractivity contribution in [3.63, 3.8) is 0 Å². The molecule has 1 amide bonds. The minimum absolute atomic E-state index is 0.0395. The lowest BCUT2D eigenvalue weighted by atomic mass is 10.2. The minimum atomic E-state index is -3.81. The molecule has 1 atom stereocenters. The Hall–Kier alpha value is -1.60. The Morgan fingerprint density at radius 2 is 1.71 bits per heavy atom. The van der Waals surface area contributed by atoms with Crippen LogP contribution in [0.4, 0.5) is 0 Å². The van der Waals surface area contributed by atoms with Crippen LogP contribution in [0.15, 0.2) is 53.4 Å². The van der Waals surface area contributed by atoms with Gasteiger partial charge < -0.3 is 5.32 Å². The van der Waals surface area contributed by atoms with Crippen LogP contribution in [0.2, 0.25) is 10.0 Å². The van der Waals surface area contributed by atoms with Crippen LogP contribution in [-0.4, -0.2) is 20.4 Å². The van der Waals surface area contributed by atoms with E-state index in [0.29, 0.717) is 10.0 Å². The van der Waals surface area contributed by atoms with Crippen molar-refractivity contribution in [1.29, 1.82) is 0 Å². The quantitative estimate of drug-likeness (QED) is 0.800. The van der Waals surface area contributed by atoms with Gasteiger partial charge in [-0.25, -0.2) is 8.42 Å². The molecular weight excluding hydrogens is 371 g/mol. The van der Waals surface area contributed by atoms with E-state index in [4.69, 9.17) is 23.2 Å². The van der Waals surface area contributed by atoms with Crippen molar-refractivity contribution in [2.45, 2.75) is 24.4 Å². The van der Waals surface area contributed by atoms with E-state index in [0.717, 1.165) is 5.56 Å². The van der Waals surface area contributed by atoms with Gasteiger partial charge in [0.05, 0.1) is 10.9 Å². The predicted octanol–water partition coefficient (Wildman–Crippen LogP) is 2.98. The molecule has 8 heteroatoms. The smallest absolute Gasteiger partial charge is 0.241 e. The monoisotopic (exact) mass is 386 g/mol. The highest BCUT2D eigenvalue weighted by atomic mass is 35.5. The van der Waals surface area contributed by atoms with Crippen LogP contribution in [0.25, 0.3) is 0 Å². The van der Waals surface area contributed by atoms with Crippen molar-refractivity contribution in [2.24, 2.45) is 0 Å². The Kier molecular flexibility index (Phi) is 6.23. The van der Waals surface area contributed by atoms with E-state index in [-0.39, 0.29) is 11.4 Å². The molecule has 0 fully saturated rings. The topological polar surface area (TPSA) is 75.3 Å². The molecule has 0 aliphatic rings. The van der Waals surface area contributed by atoms with E-state index in [1.54, 1.807) is 24.3 Å². The molecule has 128 valence electrons. The van der Waals surface area contributed by atoms with E-state index in [1.807, 2.05) is 0 Å². The highest BCUT2D eigenvalue weighted by Gasteiger charge is 2.21. The number of sulfonamides is 1. The summed E-state index contributed by atoms with van der Waals surface area (Å²) < 4.78 is 26.8. The van der Waals surface area contributed by atoms with Crippen LogP contribution in [0.3, 0.4) is 0 Å². The second-order valence-electron chi connectivity index (χ2n) is 5.11. The maximum atomic E-state index is 12.2. The molecule has 0 saturated heterocycles. The molecular formula is C16H16Cl2N2O3S. The fourth-order valence-electron chi connectivity index (χ4n) is 1.95. The summed E-state index contributed by atoms with van der Waals surface area (Å²) in [5, 5.41) is 3.62. The van der Waals surface area contributed by atoms with E-state index in [2.05, 4.69) is 10.0 Å². The molecule has 0 unspecified atom stereocenters. The van der Waals surface area contributed by atoms with Gasteiger partial charge in [0.2, 0.25) is 15.9 Å². The minimum Gasteiger partial charge on any atom is -0.351 e. The summed E-state index contributed by atoms with van der Waals surface area (Å²) in [6.07, 6.45) is 0. The number of halogens is 2. The zero-order valence-corrected chi connectivity index (χ0v) is 15.1. The average Bonchev–Trinajstić information content (AvgIpc) is 2.53. The number of benzene rings is 2. The van der Waals surface area contributed by atoms with Crippen molar-refractivity contribution >= 4 is 39.1 Å². The van der Waals surface area contributed by atoms with Gasteiger partial charge in [-0.3, -0.25) is 4.79 Å². The predicted molar refractivity (Wildman–Crippen MR) is 94.5 cm³/mol. The van der Waals surface area contributed by atoms with Gasteiger partial charge in [-0.15, -0.1) is 0 Å². The second kappa shape index (κ2) is 7.98. The lowest BCUT2D eigenvalue weighted by Crippen LogP contribution is -2.44. The van der Waals surface area contributed by atoms with E-state index in [1.165, 1.54) is 31.2 Å². The molecule has 0 aliphatic carbocycles. The number of nitrogens with one attached hydrogen (secondary N) is 2. The Bertz CT molecular complexity index is 823. The van der Waals surface area contributed by atoms with Crippen molar-refractivity contribution in [3.8, 4) is 0 Å². The Morgan fingerprint density at radius 3 is 2.33 bits per heavy atom. The van der Waals surface area contributed by atoms with Crippen molar-refractivity contribution in [1.82, 2.24) is 10.0 Å². The van der Waals surface area contributed by atoms with Gasteiger partial charge in [0.1, 0.15) is 0 Å². The number of rotatable bonds is 6. The largest absolute Gasteiger partial charge is 0.351 e. The lowest BCUT2D eigenvalue weighted by molar-refractivity contribution is -0.122. The molecule has 0 saturated carbocycles. The Balaban J connectivity index is 1.98. The van der Waals surface area contributed by atoms with E-state index in [9.17, 15) is 13.2 Å². The van der Waals surface area contributed by atoms with Gasteiger partial charge in [-0.05, 0) is 42.8 Å². The van der Waals surface area contributed by atoms with Gasteiger partial charge in [-0.2, -0.15) is 4.72 Å². The van der Waals surface area contributed by atoms with Crippen LogP contribution in [0.5, 0.6) is 0 Å². The Morgan fingerprint density at radius 1 is 1.08 bits per heavy atom. The fourth-order valence-corrected chi connectivity index (χ4v) is 3.48. The van der Waals surface area contributed by atoms with Gasteiger partial charge in [0.25, 0.3) is 0 Å². The van der Waals surface area contributed by atoms with Gasteiger partial charge in [-0.1, -0.05) is 41.4 Å². The zero-order chi connectivity index (χ0) is 17.7. The molecule has 24 heavy (non-hydrogen) atoms. The molecule has 0 radical (unpaired) electrons. The number of amides is 1. The third-order valence-electron chi connectivity index (χ3n) is 3.26. The summed E-state index contributed by atoms with van der Waals surface area (Å²) in [5.41, 5.74) is 0.750. The molecule has 5 nitrogen and oxygen atoms in total. The maximum absolute atomic E-state index is 12.2. The molecule has 0 aromatic heterocycles. The first-order chi connectivity index (χ1) is 11.3. The first-order valence-corrected chi connectivity index (χ1v) is 9.32.